The van der Waals surface area contributed by atoms with E-state index in [4.69, 9.17) is 14.7 Å². The first-order valence-corrected chi connectivity index (χ1v) is 14.1. The Morgan fingerprint density at radius 2 is 1.85 bits per heavy atom. The van der Waals surface area contributed by atoms with E-state index in [1.54, 1.807) is 4.90 Å². The van der Waals surface area contributed by atoms with E-state index >= 15 is 0 Å². The van der Waals surface area contributed by atoms with Crippen molar-refractivity contribution in [1.82, 2.24) is 19.8 Å². The van der Waals surface area contributed by atoms with Crippen molar-refractivity contribution in [2.24, 2.45) is 0 Å². The summed E-state index contributed by atoms with van der Waals surface area (Å²) >= 11 is 0. The quantitative estimate of drug-likeness (QED) is 0.443. The van der Waals surface area contributed by atoms with Crippen LogP contribution in [0, 0.1) is 6.92 Å². The van der Waals surface area contributed by atoms with E-state index in [2.05, 4.69) is 48.5 Å². The average Bonchev–Trinajstić information content (AvgIpc) is 3.40. The molecule has 0 saturated carbocycles. The van der Waals surface area contributed by atoms with E-state index in [9.17, 15) is 9.59 Å². The molecule has 2 saturated heterocycles. The first kappa shape index (κ1) is 26.3. The number of ether oxygens (including phenoxy) is 1. The summed E-state index contributed by atoms with van der Waals surface area (Å²) in [5, 5.41) is 2.19. The van der Waals surface area contributed by atoms with Gasteiger partial charge in [-0.1, -0.05) is 36.9 Å². The van der Waals surface area contributed by atoms with Crippen molar-refractivity contribution in [3.63, 3.8) is 0 Å². The van der Waals surface area contributed by atoms with Crippen LogP contribution in [0.25, 0.3) is 10.8 Å². The van der Waals surface area contributed by atoms with Crippen molar-refractivity contribution < 1.29 is 14.3 Å². The third-order valence-corrected chi connectivity index (χ3v) is 8.52. The molecule has 2 fully saturated rings. The molecule has 1 atom stereocenters. The Morgan fingerprint density at radius 3 is 2.58 bits per heavy atom. The van der Waals surface area contributed by atoms with Crippen molar-refractivity contribution in [3.8, 4) is 6.01 Å². The van der Waals surface area contributed by atoms with Gasteiger partial charge in [-0.05, 0) is 62.9 Å². The molecular formula is C31H36N6O3. The Balaban J connectivity index is 1.35. The van der Waals surface area contributed by atoms with Crippen molar-refractivity contribution in [1.29, 1.82) is 0 Å². The van der Waals surface area contributed by atoms with Crippen molar-refractivity contribution in [2.75, 3.05) is 62.7 Å². The van der Waals surface area contributed by atoms with Gasteiger partial charge in [-0.2, -0.15) is 9.97 Å². The molecule has 0 N–H and O–H groups in total. The van der Waals surface area contributed by atoms with Gasteiger partial charge in [0.15, 0.2) is 0 Å². The second kappa shape index (κ2) is 10.9. The Hall–Kier alpha value is -3.98. The average molecular weight is 541 g/mol. The summed E-state index contributed by atoms with van der Waals surface area (Å²) in [5.74, 6) is 0.543. The maximum Gasteiger partial charge on any atom is 0.319 e. The Labute approximate surface area is 235 Å². The number of nitrogens with zero attached hydrogens (tertiary/aromatic N) is 6. The molecule has 0 spiro atoms. The third kappa shape index (κ3) is 4.79. The highest BCUT2D eigenvalue weighted by Crippen LogP contribution is 2.35. The van der Waals surface area contributed by atoms with Gasteiger partial charge in [0.2, 0.25) is 5.91 Å². The third-order valence-electron chi connectivity index (χ3n) is 8.52. The summed E-state index contributed by atoms with van der Waals surface area (Å²) in [6.07, 6.45) is 4.21. The molecule has 3 aliphatic heterocycles. The van der Waals surface area contributed by atoms with E-state index in [1.807, 2.05) is 23.1 Å². The molecule has 1 aromatic heterocycles. The molecule has 3 aliphatic rings. The van der Waals surface area contributed by atoms with Crippen LogP contribution in [-0.4, -0.2) is 90.5 Å². The van der Waals surface area contributed by atoms with E-state index < -0.39 is 0 Å². The largest absolute Gasteiger partial charge is 0.462 e. The van der Waals surface area contributed by atoms with Crippen molar-refractivity contribution in [2.45, 2.75) is 32.2 Å². The maximum atomic E-state index is 14.1. The number of fused-ring (bicyclic) bond motifs is 2. The standard InChI is InChI=1S/C31H36N6O3/c1-4-26(38)35-16-18-36(19-17-35)29-24-13-15-37(25-12-6-10-22-9-5-8-21(2)27(22)25)30(39)28(24)32-31(33-29)40-20-23-11-7-14-34(23)3/h4-6,8-10,12,23H,1,7,11,13-20H2,2-3H3/t23-/m0/s1. The summed E-state index contributed by atoms with van der Waals surface area (Å²) in [6.45, 7) is 10.2. The fourth-order valence-electron chi connectivity index (χ4n) is 6.23. The first-order valence-electron chi connectivity index (χ1n) is 14.1. The SMILES string of the molecule is C=CC(=O)N1CCN(c2nc(OC[C@@H]3CCCN3C)nc3c2CCN(c2cccc4cccc(C)c24)C3=O)CC1. The lowest BCUT2D eigenvalue weighted by Gasteiger charge is -2.37. The summed E-state index contributed by atoms with van der Waals surface area (Å²) in [4.78, 5) is 44.0. The fraction of sp³-hybridized carbons (Fsp3) is 0.419. The van der Waals surface area contributed by atoms with Gasteiger partial charge >= 0.3 is 6.01 Å². The summed E-state index contributed by atoms with van der Waals surface area (Å²) in [5.41, 5.74) is 3.29. The lowest BCUT2D eigenvalue weighted by Crippen LogP contribution is -2.49. The number of hydrogen-bond donors (Lipinski definition) is 0. The van der Waals surface area contributed by atoms with Crippen LogP contribution in [0.5, 0.6) is 6.01 Å². The molecule has 9 heteroatoms. The minimum absolute atomic E-state index is 0.0646. The lowest BCUT2D eigenvalue weighted by molar-refractivity contribution is -0.126. The molecule has 40 heavy (non-hydrogen) atoms. The number of carbonyl (C=O) groups excluding carboxylic acids is 2. The molecule has 9 nitrogen and oxygen atoms in total. The predicted octanol–water partition coefficient (Wildman–Crippen LogP) is 3.45. The van der Waals surface area contributed by atoms with Crippen molar-refractivity contribution in [3.05, 3.63) is 65.9 Å². The number of aryl methyl sites for hydroxylation is 1. The zero-order valence-electron chi connectivity index (χ0n) is 23.3. The second-order valence-electron chi connectivity index (χ2n) is 10.9. The van der Waals surface area contributed by atoms with Crippen LogP contribution in [0.2, 0.25) is 0 Å². The Morgan fingerprint density at radius 1 is 1.07 bits per heavy atom. The van der Waals surface area contributed by atoms with Gasteiger partial charge in [-0.3, -0.25) is 9.59 Å². The number of benzene rings is 2. The van der Waals surface area contributed by atoms with Crippen LogP contribution in [0.3, 0.4) is 0 Å². The number of hydrogen-bond acceptors (Lipinski definition) is 7. The number of aromatic nitrogens is 2. The first-order chi connectivity index (χ1) is 19.4. The van der Waals surface area contributed by atoms with Crippen LogP contribution >= 0.6 is 0 Å². The highest BCUT2D eigenvalue weighted by Gasteiger charge is 2.34. The lowest BCUT2D eigenvalue weighted by atomic mass is 9.99. The molecule has 2 amide bonds. The van der Waals surface area contributed by atoms with Crippen LogP contribution in [0.15, 0.2) is 49.1 Å². The Kier molecular flexibility index (Phi) is 7.14. The van der Waals surface area contributed by atoms with Crippen LogP contribution in [0.1, 0.15) is 34.5 Å². The number of likely N-dealkylation sites (tertiary alicyclic amines) is 1. The molecular weight excluding hydrogens is 504 g/mol. The number of piperazine rings is 1. The number of anilines is 2. The van der Waals surface area contributed by atoms with Gasteiger partial charge in [-0.15, -0.1) is 0 Å². The number of amides is 2. The smallest absolute Gasteiger partial charge is 0.319 e. The van der Waals surface area contributed by atoms with E-state index in [1.165, 1.54) is 6.08 Å². The van der Waals surface area contributed by atoms with Gasteiger partial charge < -0.3 is 24.3 Å². The van der Waals surface area contributed by atoms with Crippen LogP contribution in [0.4, 0.5) is 11.5 Å². The molecule has 6 rings (SSSR count). The minimum Gasteiger partial charge on any atom is -0.462 e. The van der Waals surface area contributed by atoms with Crippen LogP contribution in [-0.2, 0) is 11.2 Å². The minimum atomic E-state index is -0.135. The molecule has 0 radical (unpaired) electrons. The zero-order valence-corrected chi connectivity index (χ0v) is 23.3. The van der Waals surface area contributed by atoms with Gasteiger partial charge in [-0.25, -0.2) is 0 Å². The topological polar surface area (TPSA) is 82.1 Å². The number of rotatable bonds is 6. The number of likely N-dealkylation sites (N-methyl/N-ethyl adjacent to an activating group) is 1. The van der Waals surface area contributed by atoms with Crippen LogP contribution < -0.4 is 14.5 Å². The zero-order chi connectivity index (χ0) is 27.8. The fourth-order valence-corrected chi connectivity index (χ4v) is 6.23. The molecule has 2 aromatic carbocycles. The maximum absolute atomic E-state index is 14.1. The van der Waals surface area contributed by atoms with Crippen molar-refractivity contribution >= 4 is 34.1 Å². The normalized spacial score (nSPS) is 19.7. The molecule has 0 unspecified atom stereocenters. The molecule has 4 heterocycles. The van der Waals surface area contributed by atoms with E-state index in [-0.39, 0.29) is 17.8 Å². The van der Waals surface area contributed by atoms with Gasteiger partial charge in [0.25, 0.3) is 5.91 Å². The second-order valence-corrected chi connectivity index (χ2v) is 10.9. The molecule has 0 aliphatic carbocycles. The summed E-state index contributed by atoms with van der Waals surface area (Å²) in [7, 11) is 2.11. The highest BCUT2D eigenvalue weighted by molar-refractivity contribution is 6.12. The Bertz CT molecular complexity index is 1460. The highest BCUT2D eigenvalue weighted by atomic mass is 16.5. The summed E-state index contributed by atoms with van der Waals surface area (Å²) < 4.78 is 6.17. The molecule has 3 aromatic rings. The molecule has 208 valence electrons. The van der Waals surface area contributed by atoms with E-state index in [0.717, 1.165) is 52.8 Å². The summed E-state index contributed by atoms with van der Waals surface area (Å²) in [6, 6.07) is 12.9. The van der Waals surface area contributed by atoms with Gasteiger partial charge in [0, 0.05) is 49.7 Å². The van der Waals surface area contributed by atoms with E-state index in [0.29, 0.717) is 57.5 Å². The molecule has 0 bridgehead atoms. The van der Waals surface area contributed by atoms with Gasteiger partial charge in [0.1, 0.15) is 18.1 Å². The number of carbonyl (C=O) groups is 2. The monoisotopic (exact) mass is 540 g/mol. The van der Waals surface area contributed by atoms with Gasteiger partial charge in [0.05, 0.1) is 5.69 Å². The predicted molar refractivity (Wildman–Crippen MR) is 156 cm³/mol.